The molecule has 0 aliphatic carbocycles. The number of carbonyl (C=O) groups is 1. The van der Waals surface area contributed by atoms with E-state index in [1.54, 1.807) is 12.1 Å². The lowest BCUT2D eigenvalue weighted by atomic mass is 9.91. The summed E-state index contributed by atoms with van der Waals surface area (Å²) in [7, 11) is 0. The Labute approximate surface area is 168 Å². The first kappa shape index (κ1) is 21.9. The van der Waals surface area contributed by atoms with E-state index in [0.29, 0.717) is 11.6 Å². The van der Waals surface area contributed by atoms with E-state index >= 15 is 0 Å². The van der Waals surface area contributed by atoms with Crippen molar-refractivity contribution in [1.82, 2.24) is 0 Å². The predicted octanol–water partition coefficient (Wildman–Crippen LogP) is 6.52. The quantitative estimate of drug-likeness (QED) is 0.448. The van der Waals surface area contributed by atoms with Gasteiger partial charge in [0.2, 0.25) is 0 Å². The number of rotatable bonds is 11. The van der Waals surface area contributed by atoms with Gasteiger partial charge in [0.1, 0.15) is 11.9 Å². The molecule has 0 spiro atoms. The molecular weight excluding hydrogens is 353 g/mol. The number of ether oxygens (including phenoxy) is 1. The smallest absolute Gasteiger partial charge is 0.333 e. The maximum absolute atomic E-state index is 13.6. The zero-order chi connectivity index (χ0) is 20.4. The van der Waals surface area contributed by atoms with Crippen molar-refractivity contribution in [1.29, 1.82) is 0 Å². The van der Waals surface area contributed by atoms with Gasteiger partial charge in [-0.15, -0.1) is 0 Å². The van der Waals surface area contributed by atoms with Crippen LogP contribution in [0.15, 0.2) is 54.6 Å². The van der Waals surface area contributed by atoms with Gasteiger partial charge >= 0.3 is 5.97 Å². The summed E-state index contributed by atoms with van der Waals surface area (Å²) in [5, 5.41) is 3.15. The molecule has 0 bridgehead atoms. The largest absolute Gasteiger partial charge is 0.460 e. The Morgan fingerprint density at radius 2 is 1.68 bits per heavy atom. The Morgan fingerprint density at radius 1 is 1.00 bits per heavy atom. The summed E-state index contributed by atoms with van der Waals surface area (Å²) < 4.78 is 19.6. The standard InChI is InChI=1S/C24H32FNO2/c1-4-11-18(12-5-2)22(6-3)28-24(27)23(19-13-8-7-9-14-19)26-21-16-10-15-20(25)17-21/h7-10,13-18,22-23,26H,4-6,11-12H2,1-3H3/t22-,23?/m0/s1. The lowest BCUT2D eigenvalue weighted by Crippen LogP contribution is -2.31. The Hall–Kier alpha value is -2.36. The van der Waals surface area contributed by atoms with E-state index in [4.69, 9.17) is 4.74 Å². The van der Waals surface area contributed by atoms with Gasteiger partial charge in [-0.3, -0.25) is 0 Å². The van der Waals surface area contributed by atoms with Crippen LogP contribution in [0.25, 0.3) is 0 Å². The molecule has 0 saturated heterocycles. The lowest BCUT2D eigenvalue weighted by Gasteiger charge is -2.28. The maximum Gasteiger partial charge on any atom is 0.333 e. The summed E-state index contributed by atoms with van der Waals surface area (Å²) in [6, 6.07) is 14.9. The summed E-state index contributed by atoms with van der Waals surface area (Å²) in [5.41, 5.74) is 1.35. The van der Waals surface area contributed by atoms with Crippen LogP contribution < -0.4 is 5.32 Å². The van der Waals surface area contributed by atoms with Crippen LogP contribution in [0.1, 0.15) is 64.5 Å². The summed E-state index contributed by atoms with van der Waals surface area (Å²) in [6.07, 6.45) is 4.93. The van der Waals surface area contributed by atoms with Gasteiger partial charge < -0.3 is 10.1 Å². The van der Waals surface area contributed by atoms with Gasteiger partial charge in [-0.05, 0) is 48.9 Å². The molecule has 2 aromatic carbocycles. The summed E-state index contributed by atoms with van der Waals surface area (Å²) in [6.45, 7) is 6.39. The van der Waals surface area contributed by atoms with E-state index in [2.05, 4.69) is 26.1 Å². The van der Waals surface area contributed by atoms with Gasteiger partial charge in [0.05, 0.1) is 0 Å². The third-order valence-electron chi connectivity index (χ3n) is 5.02. The molecule has 0 radical (unpaired) electrons. The molecular formula is C24H32FNO2. The van der Waals surface area contributed by atoms with Gasteiger partial charge in [0.25, 0.3) is 0 Å². The number of nitrogens with one attached hydrogen (secondary N) is 1. The normalized spacial score (nSPS) is 13.2. The molecule has 0 saturated carbocycles. The molecule has 152 valence electrons. The molecule has 28 heavy (non-hydrogen) atoms. The monoisotopic (exact) mass is 385 g/mol. The van der Waals surface area contributed by atoms with E-state index in [1.807, 2.05) is 30.3 Å². The van der Waals surface area contributed by atoms with Crippen molar-refractivity contribution in [2.75, 3.05) is 5.32 Å². The van der Waals surface area contributed by atoms with Crippen molar-refractivity contribution in [3.63, 3.8) is 0 Å². The molecule has 2 rings (SSSR count). The fourth-order valence-corrected chi connectivity index (χ4v) is 3.66. The van der Waals surface area contributed by atoms with Gasteiger partial charge in [0, 0.05) is 5.69 Å². The zero-order valence-corrected chi connectivity index (χ0v) is 17.2. The summed E-state index contributed by atoms with van der Waals surface area (Å²) in [4.78, 5) is 13.1. The number of hydrogen-bond donors (Lipinski definition) is 1. The summed E-state index contributed by atoms with van der Waals surface area (Å²) in [5.74, 6) is -0.295. The second-order valence-electron chi connectivity index (χ2n) is 7.22. The van der Waals surface area contributed by atoms with E-state index < -0.39 is 6.04 Å². The topological polar surface area (TPSA) is 38.3 Å². The van der Waals surface area contributed by atoms with Crippen LogP contribution in [0.4, 0.5) is 10.1 Å². The molecule has 0 aliphatic rings. The molecule has 0 aliphatic heterocycles. The third-order valence-corrected chi connectivity index (χ3v) is 5.02. The molecule has 3 nitrogen and oxygen atoms in total. The number of hydrogen-bond acceptors (Lipinski definition) is 3. The van der Waals surface area contributed by atoms with Gasteiger partial charge in [0.15, 0.2) is 6.04 Å². The van der Waals surface area contributed by atoms with E-state index in [0.717, 1.165) is 37.7 Å². The SMILES string of the molecule is CCCC(CCC)[C@H](CC)OC(=O)C(Nc1cccc(F)c1)c1ccccc1. The minimum atomic E-state index is -0.680. The minimum Gasteiger partial charge on any atom is -0.460 e. The molecule has 0 aromatic heterocycles. The number of anilines is 1. The van der Waals surface area contributed by atoms with Crippen molar-refractivity contribution < 1.29 is 13.9 Å². The Morgan fingerprint density at radius 3 is 2.25 bits per heavy atom. The lowest BCUT2D eigenvalue weighted by molar-refractivity contribution is -0.153. The molecule has 1 unspecified atom stereocenters. The van der Waals surface area contributed by atoms with Crippen molar-refractivity contribution in [2.24, 2.45) is 5.92 Å². The first-order chi connectivity index (χ1) is 13.6. The number of halogens is 1. The van der Waals surface area contributed by atoms with Gasteiger partial charge in [-0.1, -0.05) is 70.0 Å². The van der Waals surface area contributed by atoms with E-state index in [9.17, 15) is 9.18 Å². The van der Waals surface area contributed by atoms with Crippen LogP contribution in [0.3, 0.4) is 0 Å². The third kappa shape index (κ3) is 6.36. The van der Waals surface area contributed by atoms with Crippen LogP contribution in [-0.2, 0) is 9.53 Å². The molecule has 0 amide bonds. The molecule has 0 fully saturated rings. The van der Waals surface area contributed by atoms with Crippen molar-refractivity contribution in [3.8, 4) is 0 Å². The average molecular weight is 386 g/mol. The Balaban J connectivity index is 2.22. The van der Waals surface area contributed by atoms with Crippen molar-refractivity contribution >= 4 is 11.7 Å². The molecule has 0 heterocycles. The van der Waals surface area contributed by atoms with Crippen LogP contribution in [-0.4, -0.2) is 12.1 Å². The molecule has 4 heteroatoms. The van der Waals surface area contributed by atoms with Crippen LogP contribution >= 0.6 is 0 Å². The fraction of sp³-hybridized carbons (Fsp3) is 0.458. The predicted molar refractivity (Wildman–Crippen MR) is 113 cm³/mol. The van der Waals surface area contributed by atoms with Crippen LogP contribution in [0.5, 0.6) is 0 Å². The van der Waals surface area contributed by atoms with Gasteiger partial charge in [-0.25, -0.2) is 9.18 Å². The van der Waals surface area contributed by atoms with Gasteiger partial charge in [-0.2, -0.15) is 0 Å². The highest BCUT2D eigenvalue weighted by Gasteiger charge is 2.28. The second-order valence-corrected chi connectivity index (χ2v) is 7.22. The number of esters is 1. The fourth-order valence-electron chi connectivity index (χ4n) is 3.66. The van der Waals surface area contributed by atoms with E-state index in [1.165, 1.54) is 12.1 Å². The number of carbonyl (C=O) groups excluding carboxylic acids is 1. The van der Waals surface area contributed by atoms with Crippen molar-refractivity contribution in [3.05, 3.63) is 66.0 Å². The maximum atomic E-state index is 13.6. The second kappa shape index (κ2) is 11.5. The summed E-state index contributed by atoms with van der Waals surface area (Å²) >= 11 is 0. The van der Waals surface area contributed by atoms with Crippen molar-refractivity contribution in [2.45, 2.75) is 65.0 Å². The molecule has 2 aromatic rings. The highest BCUT2D eigenvalue weighted by molar-refractivity contribution is 5.81. The first-order valence-corrected chi connectivity index (χ1v) is 10.4. The molecule has 2 atom stereocenters. The molecule has 1 N–H and O–H groups in total. The van der Waals surface area contributed by atoms with Crippen LogP contribution in [0, 0.1) is 11.7 Å². The average Bonchev–Trinajstić information content (AvgIpc) is 2.70. The van der Waals surface area contributed by atoms with E-state index in [-0.39, 0.29) is 17.9 Å². The zero-order valence-electron chi connectivity index (χ0n) is 17.2. The number of benzene rings is 2. The Kier molecular flexibility index (Phi) is 8.99. The highest BCUT2D eigenvalue weighted by atomic mass is 19.1. The first-order valence-electron chi connectivity index (χ1n) is 10.4. The van der Waals surface area contributed by atoms with Crippen LogP contribution in [0.2, 0.25) is 0 Å². The minimum absolute atomic E-state index is 0.104. The highest BCUT2D eigenvalue weighted by Crippen LogP contribution is 2.27. The Bertz CT molecular complexity index is 714.